The molecule has 11 heteroatoms. The predicted octanol–water partition coefficient (Wildman–Crippen LogP) is 8.98. The van der Waals surface area contributed by atoms with Crippen molar-refractivity contribution in [1.82, 2.24) is 0 Å². The van der Waals surface area contributed by atoms with Crippen molar-refractivity contribution in [2.24, 2.45) is 0 Å². The number of carbonyl (C=O) groups is 3. The molecule has 0 aromatic rings. The third kappa shape index (κ3) is 26.9. The maximum Gasteiger partial charge on any atom is 0.335 e. The molecule has 4 N–H and O–H groups in total. The first-order chi connectivity index (χ1) is 27.2. The Morgan fingerprint density at radius 3 is 1.59 bits per heavy atom. The number of carboxylic acids is 1. The van der Waals surface area contributed by atoms with E-state index >= 15 is 0 Å². The second-order valence-corrected chi connectivity index (χ2v) is 14.8. The first kappa shape index (κ1) is 51.2. The predicted molar refractivity (Wildman–Crippen MR) is 220 cm³/mol. The summed E-state index contributed by atoms with van der Waals surface area (Å²) in [6, 6.07) is 0. The lowest BCUT2D eigenvalue weighted by atomic mass is 9.99. The molecule has 6 atom stereocenters. The van der Waals surface area contributed by atoms with Crippen molar-refractivity contribution < 1.29 is 53.8 Å². The summed E-state index contributed by atoms with van der Waals surface area (Å²) in [5.74, 6) is -2.46. The van der Waals surface area contributed by atoms with Crippen LogP contribution in [-0.4, -0.2) is 88.4 Å². The van der Waals surface area contributed by atoms with Crippen LogP contribution in [0.3, 0.4) is 0 Å². The molecule has 1 aliphatic rings. The van der Waals surface area contributed by atoms with Crippen molar-refractivity contribution in [3.8, 4) is 0 Å². The molecule has 0 aromatic heterocycles. The van der Waals surface area contributed by atoms with E-state index in [0.717, 1.165) is 70.6 Å². The highest BCUT2D eigenvalue weighted by Crippen LogP contribution is 2.23. The number of allylic oxidation sites excluding steroid dienone is 8. The van der Waals surface area contributed by atoms with Crippen molar-refractivity contribution in [3.05, 3.63) is 48.6 Å². The molecule has 1 heterocycles. The van der Waals surface area contributed by atoms with Gasteiger partial charge in [-0.15, -0.1) is 0 Å². The third-order valence-electron chi connectivity index (χ3n) is 9.69. The van der Waals surface area contributed by atoms with Gasteiger partial charge >= 0.3 is 17.9 Å². The molecule has 0 amide bonds. The van der Waals surface area contributed by atoms with Crippen LogP contribution in [0.5, 0.6) is 0 Å². The Bertz CT molecular complexity index is 1120. The number of rotatable bonds is 35. The van der Waals surface area contributed by atoms with Gasteiger partial charge in [0.05, 0.1) is 6.61 Å². The topological polar surface area (TPSA) is 169 Å². The minimum atomic E-state index is -1.86. The third-order valence-corrected chi connectivity index (χ3v) is 9.69. The Kier molecular flexibility index (Phi) is 32.3. The fourth-order valence-corrected chi connectivity index (χ4v) is 6.28. The molecular formula is C45H76O11. The first-order valence-corrected chi connectivity index (χ1v) is 21.7. The number of carboxylic acid groups (broad SMARTS) is 1. The van der Waals surface area contributed by atoms with Gasteiger partial charge < -0.3 is 39.4 Å². The zero-order valence-electron chi connectivity index (χ0n) is 34.6. The van der Waals surface area contributed by atoms with E-state index < -0.39 is 61.3 Å². The number of unbranched alkanes of at least 4 members (excludes halogenated alkanes) is 16. The van der Waals surface area contributed by atoms with Crippen LogP contribution in [0.2, 0.25) is 0 Å². The van der Waals surface area contributed by atoms with E-state index in [4.69, 9.17) is 18.9 Å². The molecule has 0 saturated carbocycles. The normalized spacial score (nSPS) is 20.8. The maximum atomic E-state index is 12.7. The van der Waals surface area contributed by atoms with Crippen LogP contribution >= 0.6 is 0 Å². The molecule has 56 heavy (non-hydrogen) atoms. The minimum absolute atomic E-state index is 0.181. The fraction of sp³-hybridized carbons (Fsp3) is 0.756. The molecule has 1 fully saturated rings. The summed E-state index contributed by atoms with van der Waals surface area (Å²) < 4.78 is 21.7. The second kappa shape index (κ2) is 35.3. The number of carbonyl (C=O) groups excluding carboxylic acids is 2. The quantitative estimate of drug-likeness (QED) is 0.0275. The molecule has 0 aliphatic carbocycles. The average Bonchev–Trinajstić information content (AvgIpc) is 3.18. The summed E-state index contributed by atoms with van der Waals surface area (Å²) in [6.45, 7) is 3.65. The van der Waals surface area contributed by atoms with E-state index in [2.05, 4.69) is 62.5 Å². The summed E-state index contributed by atoms with van der Waals surface area (Å²) in [5, 5.41) is 39.7. The van der Waals surface area contributed by atoms with Gasteiger partial charge in [0.15, 0.2) is 18.5 Å². The van der Waals surface area contributed by atoms with E-state index in [-0.39, 0.29) is 19.4 Å². The summed E-state index contributed by atoms with van der Waals surface area (Å²) in [7, 11) is 0. The Labute approximate surface area is 337 Å². The monoisotopic (exact) mass is 793 g/mol. The number of ether oxygens (including phenoxy) is 4. The summed E-state index contributed by atoms with van der Waals surface area (Å²) in [6.07, 6.45) is 31.8. The Hall–Kier alpha value is -2.83. The van der Waals surface area contributed by atoms with Crippen LogP contribution in [-0.2, 0) is 33.3 Å². The number of esters is 2. The maximum absolute atomic E-state index is 12.7. The highest BCUT2D eigenvalue weighted by molar-refractivity contribution is 5.73. The van der Waals surface area contributed by atoms with Crippen LogP contribution in [0, 0.1) is 0 Å². The van der Waals surface area contributed by atoms with Crippen LogP contribution in [0.25, 0.3) is 0 Å². The van der Waals surface area contributed by atoms with Gasteiger partial charge in [-0.05, 0) is 51.4 Å². The van der Waals surface area contributed by atoms with Crippen LogP contribution in [0.1, 0.15) is 168 Å². The van der Waals surface area contributed by atoms with Crippen molar-refractivity contribution in [2.75, 3.05) is 13.2 Å². The number of aliphatic hydroxyl groups is 3. The molecule has 322 valence electrons. The van der Waals surface area contributed by atoms with Gasteiger partial charge in [-0.1, -0.05) is 152 Å². The van der Waals surface area contributed by atoms with Crippen molar-refractivity contribution in [1.29, 1.82) is 0 Å². The van der Waals surface area contributed by atoms with Gasteiger partial charge in [0, 0.05) is 12.8 Å². The Morgan fingerprint density at radius 1 is 0.571 bits per heavy atom. The SMILES string of the molecule is CC/C=C\C/C=C\C/C=C\C/C=C\CCCCCCCCCCC(=O)OCC(COC1OC(C(=O)O)C(O)C(O)C1O)OC(=O)CCCCCCCCCCC. The molecule has 0 spiro atoms. The van der Waals surface area contributed by atoms with Gasteiger partial charge in [-0.2, -0.15) is 0 Å². The van der Waals surface area contributed by atoms with Crippen molar-refractivity contribution in [3.63, 3.8) is 0 Å². The van der Waals surface area contributed by atoms with Gasteiger partial charge in [-0.25, -0.2) is 4.79 Å². The highest BCUT2D eigenvalue weighted by atomic mass is 16.7. The fourth-order valence-electron chi connectivity index (χ4n) is 6.28. The van der Waals surface area contributed by atoms with Gasteiger partial charge in [-0.3, -0.25) is 9.59 Å². The molecule has 11 nitrogen and oxygen atoms in total. The van der Waals surface area contributed by atoms with Crippen LogP contribution in [0.15, 0.2) is 48.6 Å². The van der Waals surface area contributed by atoms with Crippen molar-refractivity contribution in [2.45, 2.75) is 205 Å². The molecule has 0 radical (unpaired) electrons. The van der Waals surface area contributed by atoms with Crippen LogP contribution in [0.4, 0.5) is 0 Å². The van der Waals surface area contributed by atoms with Gasteiger partial charge in [0.1, 0.15) is 24.9 Å². The van der Waals surface area contributed by atoms with Gasteiger partial charge in [0.2, 0.25) is 0 Å². The number of hydrogen-bond acceptors (Lipinski definition) is 10. The Balaban J connectivity index is 2.32. The second-order valence-electron chi connectivity index (χ2n) is 14.8. The average molecular weight is 793 g/mol. The van der Waals surface area contributed by atoms with E-state index in [1.165, 1.54) is 57.8 Å². The standard InChI is InChI=1S/C45H76O11/c1-3-5-7-9-11-13-14-15-16-17-18-19-20-21-22-23-24-26-27-29-31-33-38(46)53-35-37(55-39(47)34-32-30-28-25-12-10-8-6-4-2)36-54-45-42(50)40(48)41(49)43(56-45)44(51)52/h5,7,11,13,15-16,18-19,37,40-43,45,48-50H,3-4,6,8-10,12,14,17,20-36H2,1-2H3,(H,51,52)/b7-5-,13-11-,16-15-,19-18-. The largest absolute Gasteiger partial charge is 0.479 e. The van der Waals surface area contributed by atoms with E-state index in [1.807, 2.05) is 0 Å². The molecule has 1 rings (SSSR count). The molecule has 1 saturated heterocycles. The Morgan fingerprint density at radius 2 is 1.05 bits per heavy atom. The lowest BCUT2D eigenvalue weighted by Gasteiger charge is -2.38. The molecular weight excluding hydrogens is 716 g/mol. The zero-order valence-corrected chi connectivity index (χ0v) is 34.6. The lowest BCUT2D eigenvalue weighted by Crippen LogP contribution is -2.60. The van der Waals surface area contributed by atoms with Crippen molar-refractivity contribution >= 4 is 17.9 Å². The smallest absolute Gasteiger partial charge is 0.335 e. The van der Waals surface area contributed by atoms with Gasteiger partial charge in [0.25, 0.3) is 0 Å². The van der Waals surface area contributed by atoms with E-state index in [9.17, 15) is 34.8 Å². The number of hydrogen-bond donors (Lipinski definition) is 4. The summed E-state index contributed by atoms with van der Waals surface area (Å²) in [5.41, 5.74) is 0. The summed E-state index contributed by atoms with van der Waals surface area (Å²) >= 11 is 0. The highest BCUT2D eigenvalue weighted by Gasteiger charge is 2.47. The number of aliphatic carboxylic acids is 1. The zero-order chi connectivity index (χ0) is 41.1. The van der Waals surface area contributed by atoms with E-state index in [0.29, 0.717) is 12.8 Å². The summed E-state index contributed by atoms with van der Waals surface area (Å²) in [4.78, 5) is 36.7. The molecule has 6 unspecified atom stereocenters. The minimum Gasteiger partial charge on any atom is -0.479 e. The molecule has 0 bridgehead atoms. The van der Waals surface area contributed by atoms with Crippen LogP contribution < -0.4 is 0 Å². The molecule has 0 aromatic carbocycles. The first-order valence-electron chi connectivity index (χ1n) is 21.7. The lowest BCUT2D eigenvalue weighted by molar-refractivity contribution is -0.298. The molecule has 1 aliphatic heterocycles. The van der Waals surface area contributed by atoms with E-state index in [1.54, 1.807) is 0 Å². The number of aliphatic hydroxyl groups excluding tert-OH is 3.